The van der Waals surface area contributed by atoms with E-state index in [1.54, 1.807) is 0 Å². The van der Waals surface area contributed by atoms with Crippen molar-refractivity contribution in [2.75, 3.05) is 13.2 Å². The van der Waals surface area contributed by atoms with Gasteiger partial charge in [-0.1, -0.05) is 12.2 Å². The Morgan fingerprint density at radius 3 is 2.64 bits per heavy atom. The van der Waals surface area contributed by atoms with Crippen LogP contribution < -0.4 is 10.1 Å². The van der Waals surface area contributed by atoms with Crippen LogP contribution in [0.5, 0.6) is 5.75 Å². The minimum atomic E-state index is -0.406. The molecule has 0 atom stereocenters. The monoisotopic (exact) mass is 461 g/mol. The van der Waals surface area contributed by atoms with Gasteiger partial charge in [-0.3, -0.25) is 4.79 Å². The van der Waals surface area contributed by atoms with Crippen LogP contribution in [0.25, 0.3) is 22.3 Å². The van der Waals surface area contributed by atoms with Crippen molar-refractivity contribution in [1.29, 1.82) is 5.26 Å². The van der Waals surface area contributed by atoms with Crippen LogP contribution >= 0.6 is 12.2 Å². The normalized spacial score (nSPS) is 10.7. The number of H-pyrrole nitrogens is 1. The lowest BCUT2D eigenvalue weighted by Gasteiger charge is -2.13. The molecule has 0 saturated carbocycles. The molecule has 2 aromatic carbocycles. The highest BCUT2D eigenvalue weighted by Gasteiger charge is 2.21. The van der Waals surface area contributed by atoms with E-state index in [-0.39, 0.29) is 12.5 Å². The number of hydrogen-bond donors (Lipinski definition) is 2. The summed E-state index contributed by atoms with van der Waals surface area (Å²) in [6.07, 6.45) is 1.47. The SMILES string of the molecule is CCOc1ccc(-c2c(C#N)c3nc[nH]c(=S)c3n2CCNC(=O)c2ccc(F)cc2)cc1. The van der Waals surface area contributed by atoms with Gasteiger partial charge in [0.1, 0.15) is 38.9 Å². The van der Waals surface area contributed by atoms with E-state index in [9.17, 15) is 14.4 Å². The standard InChI is InChI=1S/C24H20FN5O2S/c1-2-32-18-9-5-15(6-10-18)21-19(13-26)20-22(24(33)29-14-28-20)30(21)12-11-27-23(31)16-3-7-17(25)8-4-16/h3-10,14H,2,11-12H2,1H3,(H,27,31)(H,28,29,33). The fourth-order valence-corrected chi connectivity index (χ4v) is 3.93. The molecule has 0 fully saturated rings. The average molecular weight is 462 g/mol. The molecule has 0 spiro atoms. The molecule has 33 heavy (non-hydrogen) atoms. The summed E-state index contributed by atoms with van der Waals surface area (Å²) < 4.78 is 21.0. The molecule has 0 unspecified atom stereocenters. The predicted octanol–water partition coefficient (Wildman–Crippen LogP) is 4.60. The van der Waals surface area contributed by atoms with E-state index in [4.69, 9.17) is 17.0 Å². The first-order valence-corrected chi connectivity index (χ1v) is 10.7. The van der Waals surface area contributed by atoms with Crippen LogP contribution in [0.2, 0.25) is 0 Å². The molecule has 2 N–H and O–H groups in total. The van der Waals surface area contributed by atoms with E-state index in [0.717, 1.165) is 11.3 Å². The first-order valence-electron chi connectivity index (χ1n) is 10.3. The summed E-state index contributed by atoms with van der Waals surface area (Å²) in [6.45, 7) is 3.07. The highest BCUT2D eigenvalue weighted by molar-refractivity contribution is 7.71. The van der Waals surface area contributed by atoms with Gasteiger partial charge in [-0.15, -0.1) is 0 Å². The molecule has 166 valence electrons. The zero-order valence-electron chi connectivity index (χ0n) is 17.8. The molecule has 0 aliphatic rings. The second kappa shape index (κ2) is 9.63. The van der Waals surface area contributed by atoms with E-state index in [0.29, 0.717) is 45.6 Å². The van der Waals surface area contributed by atoms with Crippen molar-refractivity contribution in [1.82, 2.24) is 19.9 Å². The highest BCUT2D eigenvalue weighted by Crippen LogP contribution is 2.33. The van der Waals surface area contributed by atoms with Crippen molar-refractivity contribution in [3.05, 3.63) is 76.4 Å². The van der Waals surface area contributed by atoms with E-state index in [1.807, 2.05) is 35.8 Å². The molecule has 9 heteroatoms. The number of nitriles is 1. The van der Waals surface area contributed by atoms with Crippen molar-refractivity contribution in [3.63, 3.8) is 0 Å². The van der Waals surface area contributed by atoms with Crippen LogP contribution in [-0.4, -0.2) is 33.6 Å². The smallest absolute Gasteiger partial charge is 0.251 e. The first-order chi connectivity index (χ1) is 16.0. The summed E-state index contributed by atoms with van der Waals surface area (Å²) in [7, 11) is 0. The molecule has 1 amide bonds. The lowest BCUT2D eigenvalue weighted by Crippen LogP contribution is -2.27. The Hall–Kier alpha value is -4.03. The molecule has 0 aliphatic carbocycles. The molecule has 7 nitrogen and oxygen atoms in total. The van der Waals surface area contributed by atoms with Gasteiger partial charge in [-0.05, 0) is 61.0 Å². The number of benzene rings is 2. The number of halogens is 1. The quantitative estimate of drug-likeness (QED) is 0.392. The van der Waals surface area contributed by atoms with Crippen LogP contribution in [0.4, 0.5) is 4.39 Å². The number of carbonyl (C=O) groups is 1. The fraction of sp³-hybridized carbons (Fsp3) is 0.167. The summed E-state index contributed by atoms with van der Waals surface area (Å²) in [4.78, 5) is 19.7. The Morgan fingerprint density at radius 2 is 1.97 bits per heavy atom. The molecule has 4 aromatic rings. The molecule has 0 bridgehead atoms. The number of aromatic amines is 1. The number of carbonyl (C=O) groups excluding carboxylic acids is 1. The molecule has 0 aliphatic heterocycles. The van der Waals surface area contributed by atoms with Gasteiger partial charge in [0.15, 0.2) is 0 Å². The third-order valence-corrected chi connectivity index (χ3v) is 5.43. The zero-order chi connectivity index (χ0) is 23.4. The van der Waals surface area contributed by atoms with Gasteiger partial charge in [0.05, 0.1) is 18.6 Å². The lowest BCUT2D eigenvalue weighted by molar-refractivity contribution is 0.0952. The Morgan fingerprint density at radius 1 is 1.24 bits per heavy atom. The molecule has 0 saturated heterocycles. The summed E-state index contributed by atoms with van der Waals surface area (Å²) >= 11 is 5.49. The van der Waals surface area contributed by atoms with E-state index in [1.165, 1.54) is 30.6 Å². The van der Waals surface area contributed by atoms with Crippen molar-refractivity contribution in [3.8, 4) is 23.1 Å². The van der Waals surface area contributed by atoms with Crippen LogP contribution in [0, 0.1) is 21.8 Å². The number of aromatic nitrogens is 3. The van der Waals surface area contributed by atoms with Gasteiger partial charge >= 0.3 is 0 Å². The van der Waals surface area contributed by atoms with Gasteiger partial charge in [0.2, 0.25) is 0 Å². The zero-order valence-corrected chi connectivity index (χ0v) is 18.6. The molecule has 4 rings (SSSR count). The highest BCUT2D eigenvalue weighted by atomic mass is 32.1. The summed E-state index contributed by atoms with van der Waals surface area (Å²) in [5.41, 5.74) is 3.33. The molecular weight excluding hydrogens is 441 g/mol. The van der Waals surface area contributed by atoms with Gasteiger partial charge in [0, 0.05) is 18.7 Å². The average Bonchev–Trinajstić information content (AvgIpc) is 3.15. The summed E-state index contributed by atoms with van der Waals surface area (Å²) in [5.74, 6) is -0.00150. The Balaban J connectivity index is 1.71. The first kappa shape index (κ1) is 22.2. The predicted molar refractivity (Wildman–Crippen MR) is 125 cm³/mol. The van der Waals surface area contributed by atoms with Crippen molar-refractivity contribution in [2.45, 2.75) is 13.5 Å². The molecule has 2 heterocycles. The van der Waals surface area contributed by atoms with Gasteiger partial charge in [-0.25, -0.2) is 9.37 Å². The number of fused-ring (bicyclic) bond motifs is 1. The van der Waals surface area contributed by atoms with Gasteiger partial charge in [0.25, 0.3) is 5.91 Å². The maximum Gasteiger partial charge on any atom is 0.251 e. The van der Waals surface area contributed by atoms with Crippen molar-refractivity contribution >= 4 is 29.2 Å². The topological polar surface area (TPSA) is 95.7 Å². The molecular formula is C24H20FN5O2S. The number of amides is 1. The maximum atomic E-state index is 13.1. The van der Waals surface area contributed by atoms with Crippen LogP contribution in [0.15, 0.2) is 54.9 Å². The summed E-state index contributed by atoms with van der Waals surface area (Å²) in [6, 6.07) is 15.0. The number of nitrogens with one attached hydrogen (secondary N) is 2. The third-order valence-electron chi connectivity index (χ3n) is 5.12. The number of hydrogen-bond acceptors (Lipinski definition) is 5. The van der Waals surface area contributed by atoms with E-state index < -0.39 is 5.82 Å². The van der Waals surface area contributed by atoms with E-state index >= 15 is 0 Å². The Labute approximate surface area is 194 Å². The van der Waals surface area contributed by atoms with E-state index in [2.05, 4.69) is 21.4 Å². The van der Waals surface area contributed by atoms with Crippen molar-refractivity contribution < 1.29 is 13.9 Å². The number of ether oxygens (including phenoxy) is 1. The second-order valence-electron chi connectivity index (χ2n) is 7.14. The summed E-state index contributed by atoms with van der Waals surface area (Å²) in [5, 5.41) is 12.8. The van der Waals surface area contributed by atoms with Crippen LogP contribution in [0.1, 0.15) is 22.8 Å². The van der Waals surface area contributed by atoms with Crippen molar-refractivity contribution in [2.24, 2.45) is 0 Å². The molecule has 2 aromatic heterocycles. The second-order valence-corrected chi connectivity index (χ2v) is 7.54. The Bertz CT molecular complexity index is 1400. The number of nitrogens with zero attached hydrogens (tertiary/aromatic N) is 3. The fourth-order valence-electron chi connectivity index (χ4n) is 3.67. The van der Waals surface area contributed by atoms with Crippen LogP contribution in [0.3, 0.4) is 0 Å². The lowest BCUT2D eigenvalue weighted by atomic mass is 10.1. The minimum Gasteiger partial charge on any atom is -0.494 e. The van der Waals surface area contributed by atoms with Gasteiger partial charge in [-0.2, -0.15) is 5.26 Å². The number of rotatable bonds is 7. The maximum absolute atomic E-state index is 13.1. The minimum absolute atomic E-state index is 0.262. The Kier molecular flexibility index (Phi) is 6.47. The molecule has 0 radical (unpaired) electrons. The van der Waals surface area contributed by atoms with Gasteiger partial charge < -0.3 is 19.6 Å². The third kappa shape index (κ3) is 4.47. The van der Waals surface area contributed by atoms with Crippen LogP contribution in [-0.2, 0) is 6.54 Å². The largest absolute Gasteiger partial charge is 0.494 e.